The average Bonchev–Trinajstić information content (AvgIpc) is 2.55. The van der Waals surface area contributed by atoms with Crippen molar-refractivity contribution in [3.63, 3.8) is 0 Å². The van der Waals surface area contributed by atoms with E-state index in [1.54, 1.807) is 20.8 Å². The number of carboxylic acids is 1. The molecule has 1 rings (SSSR count). The van der Waals surface area contributed by atoms with Gasteiger partial charge in [-0.2, -0.15) is 0 Å². The Kier molecular flexibility index (Phi) is 8.64. The van der Waals surface area contributed by atoms with Gasteiger partial charge in [-0.3, -0.25) is 9.59 Å². The summed E-state index contributed by atoms with van der Waals surface area (Å²) in [6, 6.07) is 0. The quantitative estimate of drug-likeness (QED) is 0.274. The number of aliphatic carboxylic acids is 1. The molecule has 0 amide bonds. The molecule has 10 heteroatoms. The molecule has 0 aromatic carbocycles. The number of carbonyl (C=O) groups excluding carboxylic acids is 1. The van der Waals surface area contributed by atoms with Gasteiger partial charge in [0.05, 0.1) is 18.1 Å². The third-order valence-corrected chi connectivity index (χ3v) is 3.88. The van der Waals surface area contributed by atoms with Crippen molar-refractivity contribution in [1.82, 2.24) is 0 Å². The number of carboxylic acid groups (broad SMARTS) is 1. The molecule has 10 nitrogen and oxygen atoms in total. The van der Waals surface area contributed by atoms with Crippen LogP contribution in [0.3, 0.4) is 0 Å². The van der Waals surface area contributed by atoms with Gasteiger partial charge in [0.15, 0.2) is 6.29 Å². The molecule has 1 unspecified atom stereocenters. The minimum atomic E-state index is -1.01. The number of ether oxygens (including phenoxy) is 3. The van der Waals surface area contributed by atoms with Gasteiger partial charge in [-0.1, -0.05) is 12.0 Å². The van der Waals surface area contributed by atoms with E-state index in [9.17, 15) is 14.7 Å². The predicted octanol–water partition coefficient (Wildman–Crippen LogP) is 1.61. The number of esters is 1. The normalized spacial score (nSPS) is 28.5. The fourth-order valence-electron chi connectivity index (χ4n) is 2.32. The molecule has 1 aliphatic rings. The van der Waals surface area contributed by atoms with Crippen LogP contribution in [-0.4, -0.2) is 59.4 Å². The molecule has 1 aliphatic heterocycles. The molecule has 0 aromatic rings. The first-order valence-electron chi connectivity index (χ1n) is 8.16. The Morgan fingerprint density at radius 2 is 2.12 bits per heavy atom. The molecule has 25 heavy (non-hydrogen) atoms. The molecule has 0 saturated carbocycles. The van der Waals surface area contributed by atoms with Gasteiger partial charge in [0.2, 0.25) is 0 Å². The van der Waals surface area contributed by atoms with Crippen molar-refractivity contribution < 1.29 is 34.0 Å². The predicted molar refractivity (Wildman–Crippen MR) is 85.4 cm³/mol. The topological polar surface area (TPSA) is 151 Å². The van der Waals surface area contributed by atoms with Crippen LogP contribution < -0.4 is 0 Å². The maximum atomic E-state index is 11.9. The molecule has 6 atom stereocenters. The Morgan fingerprint density at radius 1 is 1.44 bits per heavy atom. The molecular formula is C15H25N3O7. The minimum absolute atomic E-state index is 0.00727. The van der Waals surface area contributed by atoms with Gasteiger partial charge < -0.3 is 24.4 Å². The Balaban J connectivity index is 2.50. The van der Waals surface area contributed by atoms with Gasteiger partial charge in [0.25, 0.3) is 0 Å². The summed E-state index contributed by atoms with van der Waals surface area (Å²) in [6.07, 6.45) is -3.07. The maximum absolute atomic E-state index is 11.9. The van der Waals surface area contributed by atoms with E-state index in [1.807, 2.05) is 0 Å². The van der Waals surface area contributed by atoms with Gasteiger partial charge in [-0.05, 0) is 25.8 Å². The molecule has 2 N–H and O–H groups in total. The number of hydrogen-bond acceptors (Lipinski definition) is 7. The summed E-state index contributed by atoms with van der Waals surface area (Å²) >= 11 is 0. The van der Waals surface area contributed by atoms with Gasteiger partial charge in [0, 0.05) is 24.3 Å². The van der Waals surface area contributed by atoms with Crippen molar-refractivity contribution in [1.29, 1.82) is 0 Å². The third-order valence-electron chi connectivity index (χ3n) is 3.88. The highest BCUT2D eigenvalue weighted by Crippen LogP contribution is 2.25. The number of azide groups is 1. The Hall–Kier alpha value is -1.87. The number of nitrogens with zero attached hydrogens (tertiary/aromatic N) is 3. The lowest BCUT2D eigenvalue weighted by molar-refractivity contribution is -0.276. The monoisotopic (exact) mass is 359 g/mol. The summed E-state index contributed by atoms with van der Waals surface area (Å²) in [7, 11) is 0. The van der Waals surface area contributed by atoms with Gasteiger partial charge in [-0.25, -0.2) is 0 Å². The highest BCUT2D eigenvalue weighted by Gasteiger charge is 2.38. The number of aliphatic hydroxyl groups is 1. The first-order chi connectivity index (χ1) is 11.7. The molecular weight excluding hydrogens is 334 g/mol. The van der Waals surface area contributed by atoms with Crippen molar-refractivity contribution >= 4 is 11.9 Å². The number of hydrogen-bond donors (Lipinski definition) is 2. The van der Waals surface area contributed by atoms with E-state index < -0.39 is 48.6 Å². The number of carbonyl (C=O) groups is 2. The summed E-state index contributed by atoms with van der Waals surface area (Å²) in [5.74, 6) is -2.05. The van der Waals surface area contributed by atoms with Crippen molar-refractivity contribution in [2.75, 3.05) is 6.54 Å². The van der Waals surface area contributed by atoms with Crippen molar-refractivity contribution in [2.24, 2.45) is 11.0 Å². The second-order valence-electron chi connectivity index (χ2n) is 6.18. The van der Waals surface area contributed by atoms with E-state index in [1.165, 1.54) is 0 Å². The Morgan fingerprint density at radius 3 is 2.72 bits per heavy atom. The van der Waals surface area contributed by atoms with Crippen LogP contribution in [0.15, 0.2) is 5.11 Å². The standard InChI is InChI=1S/C15H25N3O7/c1-8(7-17-18-16)14(22)25-12-6-11(19)15(24-10(12)3)23-9(2)4-5-13(20)21/h8-12,15,19H,4-7H2,1-3H3,(H,20,21)/t8-,9?,10+,11-,12-,15-/m1/s1. The van der Waals surface area contributed by atoms with Crippen LogP contribution >= 0.6 is 0 Å². The summed E-state index contributed by atoms with van der Waals surface area (Å²) in [4.78, 5) is 25.1. The maximum Gasteiger partial charge on any atom is 0.309 e. The molecule has 0 bridgehead atoms. The van der Waals surface area contributed by atoms with Gasteiger partial charge in [-0.15, -0.1) is 0 Å². The first-order valence-corrected chi connectivity index (χ1v) is 8.16. The average molecular weight is 359 g/mol. The Bertz CT molecular complexity index is 509. The first kappa shape index (κ1) is 21.2. The smallest absolute Gasteiger partial charge is 0.309 e. The minimum Gasteiger partial charge on any atom is -0.481 e. The highest BCUT2D eigenvalue weighted by molar-refractivity contribution is 5.72. The van der Waals surface area contributed by atoms with Gasteiger partial charge >= 0.3 is 11.9 Å². The van der Waals surface area contributed by atoms with Crippen LogP contribution in [0.4, 0.5) is 0 Å². The SMILES string of the molecule is CC(CCC(=O)O)O[C@@H]1O[C@@H](C)[C@H](OC(=O)[C@H](C)CN=[N+]=[N-])C[C@H]1O. The zero-order valence-corrected chi connectivity index (χ0v) is 14.6. The van der Waals surface area contributed by atoms with E-state index in [0.717, 1.165) is 0 Å². The summed E-state index contributed by atoms with van der Waals surface area (Å²) in [5.41, 5.74) is 8.27. The lowest BCUT2D eigenvalue weighted by Crippen LogP contribution is -2.50. The summed E-state index contributed by atoms with van der Waals surface area (Å²) in [6.45, 7) is 4.97. The van der Waals surface area contributed by atoms with Crippen LogP contribution in [-0.2, 0) is 23.8 Å². The van der Waals surface area contributed by atoms with E-state index in [-0.39, 0.29) is 19.4 Å². The second kappa shape index (κ2) is 10.2. The molecule has 1 saturated heterocycles. The van der Waals surface area contributed by atoms with Crippen LogP contribution in [0.25, 0.3) is 10.4 Å². The molecule has 0 aliphatic carbocycles. The summed E-state index contributed by atoms with van der Waals surface area (Å²) < 4.78 is 16.4. The largest absolute Gasteiger partial charge is 0.481 e. The molecule has 1 heterocycles. The van der Waals surface area contributed by atoms with Gasteiger partial charge in [0.1, 0.15) is 12.2 Å². The van der Waals surface area contributed by atoms with Crippen LogP contribution in [0.5, 0.6) is 0 Å². The van der Waals surface area contributed by atoms with Crippen LogP contribution in [0.1, 0.15) is 40.0 Å². The molecule has 0 aromatic heterocycles. The van der Waals surface area contributed by atoms with E-state index in [0.29, 0.717) is 6.42 Å². The zero-order chi connectivity index (χ0) is 19.0. The second-order valence-corrected chi connectivity index (χ2v) is 6.18. The van der Waals surface area contributed by atoms with Crippen LogP contribution in [0, 0.1) is 5.92 Å². The van der Waals surface area contributed by atoms with E-state index in [4.69, 9.17) is 24.8 Å². The molecule has 0 radical (unpaired) electrons. The zero-order valence-electron chi connectivity index (χ0n) is 14.6. The number of rotatable bonds is 9. The van der Waals surface area contributed by atoms with Crippen molar-refractivity contribution in [2.45, 2.75) is 70.7 Å². The molecule has 142 valence electrons. The van der Waals surface area contributed by atoms with Crippen molar-refractivity contribution in [3.05, 3.63) is 10.4 Å². The highest BCUT2D eigenvalue weighted by atomic mass is 16.7. The fraction of sp³-hybridized carbons (Fsp3) is 0.867. The fourth-order valence-corrected chi connectivity index (χ4v) is 2.32. The molecule has 1 fully saturated rings. The van der Waals surface area contributed by atoms with E-state index >= 15 is 0 Å². The third kappa shape index (κ3) is 7.27. The summed E-state index contributed by atoms with van der Waals surface area (Å²) in [5, 5.41) is 22.2. The Labute approximate surface area is 145 Å². The lowest BCUT2D eigenvalue weighted by Gasteiger charge is -2.38. The molecule has 0 spiro atoms. The lowest BCUT2D eigenvalue weighted by atomic mass is 10.0. The van der Waals surface area contributed by atoms with Crippen LogP contribution in [0.2, 0.25) is 0 Å². The van der Waals surface area contributed by atoms with Crippen molar-refractivity contribution in [3.8, 4) is 0 Å². The van der Waals surface area contributed by atoms with E-state index in [2.05, 4.69) is 10.0 Å². The number of aliphatic hydroxyl groups excluding tert-OH is 1.